The molecule has 0 aliphatic carbocycles. The lowest BCUT2D eigenvalue weighted by atomic mass is 9.92. The first kappa shape index (κ1) is 22.0. The van der Waals surface area contributed by atoms with Crippen molar-refractivity contribution in [2.24, 2.45) is 0 Å². The number of anilines is 1. The predicted molar refractivity (Wildman–Crippen MR) is 111 cm³/mol. The van der Waals surface area contributed by atoms with E-state index in [4.69, 9.17) is 11.6 Å². The molecule has 6 nitrogen and oxygen atoms in total. The van der Waals surface area contributed by atoms with E-state index in [9.17, 15) is 13.2 Å². The summed E-state index contributed by atoms with van der Waals surface area (Å²) in [5, 5.41) is 2.81. The second-order valence-electron chi connectivity index (χ2n) is 7.67. The van der Waals surface area contributed by atoms with Gasteiger partial charge in [-0.2, -0.15) is 0 Å². The Hall–Kier alpha value is -1.31. The van der Waals surface area contributed by atoms with Crippen molar-refractivity contribution in [2.75, 3.05) is 25.0 Å². The Labute approximate surface area is 167 Å². The van der Waals surface area contributed by atoms with E-state index in [-0.39, 0.29) is 11.8 Å². The van der Waals surface area contributed by atoms with Crippen molar-refractivity contribution in [3.8, 4) is 0 Å². The molecule has 27 heavy (non-hydrogen) atoms. The van der Waals surface area contributed by atoms with Crippen LogP contribution in [0, 0.1) is 0 Å². The van der Waals surface area contributed by atoms with Gasteiger partial charge in [-0.1, -0.05) is 46.2 Å². The molecule has 1 atom stereocenters. The molecular formula is C19H30ClN3O3S. The Balaban J connectivity index is 2.22. The van der Waals surface area contributed by atoms with E-state index in [0.717, 1.165) is 24.2 Å². The van der Waals surface area contributed by atoms with Crippen LogP contribution in [0.2, 0.25) is 5.02 Å². The van der Waals surface area contributed by atoms with Crippen molar-refractivity contribution < 1.29 is 13.2 Å². The molecule has 1 aromatic rings. The Morgan fingerprint density at radius 2 is 1.78 bits per heavy atom. The molecule has 0 aromatic heterocycles. The quantitative estimate of drug-likeness (QED) is 0.732. The first-order valence-electron chi connectivity index (χ1n) is 9.43. The molecule has 2 N–H and O–H groups in total. The number of urea groups is 1. The number of sulfonamides is 1. The Morgan fingerprint density at radius 1 is 1.22 bits per heavy atom. The van der Waals surface area contributed by atoms with Gasteiger partial charge >= 0.3 is 6.03 Å². The molecule has 2 rings (SSSR count). The molecule has 1 fully saturated rings. The monoisotopic (exact) mass is 415 g/mol. The van der Waals surface area contributed by atoms with Gasteiger partial charge in [0.1, 0.15) is 0 Å². The number of nitrogens with one attached hydrogen (secondary N) is 2. The fourth-order valence-electron chi connectivity index (χ4n) is 3.39. The highest BCUT2D eigenvalue weighted by Gasteiger charge is 2.33. The number of hydrogen-bond acceptors (Lipinski definition) is 4. The van der Waals surface area contributed by atoms with Gasteiger partial charge in [0, 0.05) is 17.3 Å². The highest BCUT2D eigenvalue weighted by Crippen LogP contribution is 2.35. The fraction of sp³-hybridized carbons (Fsp3) is 0.632. The molecule has 1 heterocycles. The number of carbonyl (C=O) groups is 1. The van der Waals surface area contributed by atoms with Gasteiger partial charge in [0.25, 0.3) is 0 Å². The summed E-state index contributed by atoms with van der Waals surface area (Å²) in [7, 11) is -3.73. The molecule has 1 saturated heterocycles. The van der Waals surface area contributed by atoms with Gasteiger partial charge in [0.15, 0.2) is 0 Å². The summed E-state index contributed by atoms with van der Waals surface area (Å²) in [5.41, 5.74) is 2.41. The van der Waals surface area contributed by atoms with Crippen LogP contribution in [0.3, 0.4) is 0 Å². The van der Waals surface area contributed by atoms with Crippen molar-refractivity contribution in [3.05, 3.63) is 28.3 Å². The van der Waals surface area contributed by atoms with Crippen LogP contribution in [-0.2, 0) is 10.0 Å². The van der Waals surface area contributed by atoms with Gasteiger partial charge in [0.05, 0.1) is 5.25 Å². The minimum Gasteiger partial charge on any atom is -0.307 e. The molecule has 0 bridgehead atoms. The lowest BCUT2D eigenvalue weighted by Gasteiger charge is -2.21. The maximum absolute atomic E-state index is 12.6. The number of benzene rings is 1. The normalized spacial score (nSPS) is 18.3. The second kappa shape index (κ2) is 8.80. The molecule has 0 saturated carbocycles. The molecule has 1 aliphatic heterocycles. The van der Waals surface area contributed by atoms with E-state index in [2.05, 4.69) is 14.9 Å². The highest BCUT2D eigenvalue weighted by atomic mass is 35.5. The predicted octanol–water partition coefficient (Wildman–Crippen LogP) is 4.13. The van der Waals surface area contributed by atoms with Crippen molar-refractivity contribution in [3.63, 3.8) is 0 Å². The van der Waals surface area contributed by atoms with Crippen LogP contribution >= 0.6 is 11.6 Å². The van der Waals surface area contributed by atoms with Crippen LogP contribution < -0.4 is 10.0 Å². The summed E-state index contributed by atoms with van der Waals surface area (Å²) in [6.45, 7) is 12.0. The van der Waals surface area contributed by atoms with E-state index in [1.54, 1.807) is 0 Å². The highest BCUT2D eigenvalue weighted by molar-refractivity contribution is 7.90. The standard InChI is InChI=1S/C19H30ClN3O3S/c1-6-23-8-7-15(11-23)27(25,26)22-19(24)21-18-16(12(2)3)9-14(20)10-17(18)13(4)5/h9-10,12-13,15H,6-8,11H2,1-5H3,(H2,21,22,24). The molecule has 1 aliphatic rings. The van der Waals surface area contributed by atoms with Gasteiger partial charge in [-0.05, 0) is 54.6 Å². The molecular weight excluding hydrogens is 386 g/mol. The zero-order valence-corrected chi connectivity index (χ0v) is 18.2. The summed E-state index contributed by atoms with van der Waals surface area (Å²) in [5.74, 6) is 0.252. The maximum atomic E-state index is 12.6. The van der Waals surface area contributed by atoms with Gasteiger partial charge in [-0.15, -0.1) is 0 Å². The summed E-state index contributed by atoms with van der Waals surface area (Å²) >= 11 is 6.24. The lowest BCUT2D eigenvalue weighted by Crippen LogP contribution is -2.42. The summed E-state index contributed by atoms with van der Waals surface area (Å²) in [6.07, 6.45) is 0.534. The van der Waals surface area contributed by atoms with Crippen LogP contribution in [-0.4, -0.2) is 44.2 Å². The maximum Gasteiger partial charge on any atom is 0.332 e. The second-order valence-corrected chi connectivity index (χ2v) is 10.1. The molecule has 1 unspecified atom stereocenters. The minimum atomic E-state index is -3.73. The topological polar surface area (TPSA) is 78.5 Å². The molecule has 8 heteroatoms. The van der Waals surface area contributed by atoms with Crippen LogP contribution in [0.4, 0.5) is 10.5 Å². The van der Waals surface area contributed by atoms with Crippen molar-refractivity contribution in [2.45, 2.75) is 58.1 Å². The third-order valence-corrected chi connectivity index (χ3v) is 6.95. The van der Waals surface area contributed by atoms with E-state index in [1.807, 2.05) is 46.8 Å². The zero-order valence-electron chi connectivity index (χ0n) is 16.7. The number of nitrogens with zero attached hydrogens (tertiary/aromatic N) is 1. The lowest BCUT2D eigenvalue weighted by molar-refractivity contribution is 0.256. The Bertz CT molecular complexity index is 764. The van der Waals surface area contributed by atoms with Crippen molar-refractivity contribution in [1.82, 2.24) is 9.62 Å². The molecule has 152 valence electrons. The summed E-state index contributed by atoms with van der Waals surface area (Å²) in [6, 6.07) is 2.91. The SMILES string of the molecule is CCN1CCC(S(=O)(=O)NC(=O)Nc2c(C(C)C)cc(Cl)cc2C(C)C)C1. The van der Waals surface area contributed by atoms with Crippen LogP contribution in [0.25, 0.3) is 0 Å². The Kier molecular flexibility index (Phi) is 7.16. The van der Waals surface area contributed by atoms with Crippen molar-refractivity contribution >= 4 is 33.3 Å². The zero-order chi connectivity index (χ0) is 20.4. The van der Waals surface area contributed by atoms with Gasteiger partial charge in [-0.25, -0.2) is 17.9 Å². The smallest absolute Gasteiger partial charge is 0.307 e. The molecule has 1 aromatic carbocycles. The van der Waals surface area contributed by atoms with E-state index in [1.165, 1.54) is 0 Å². The third-order valence-electron chi connectivity index (χ3n) is 5.00. The fourth-order valence-corrected chi connectivity index (χ4v) is 4.93. The average Bonchev–Trinajstić information content (AvgIpc) is 3.05. The van der Waals surface area contributed by atoms with Crippen molar-refractivity contribution in [1.29, 1.82) is 0 Å². The van der Waals surface area contributed by atoms with Crippen LogP contribution in [0.15, 0.2) is 12.1 Å². The van der Waals surface area contributed by atoms with E-state index >= 15 is 0 Å². The minimum absolute atomic E-state index is 0.126. The number of carbonyl (C=O) groups excluding carboxylic acids is 1. The Morgan fingerprint density at radius 3 is 2.22 bits per heavy atom. The number of amides is 2. The van der Waals surface area contributed by atoms with E-state index < -0.39 is 21.3 Å². The number of hydrogen-bond donors (Lipinski definition) is 2. The van der Waals surface area contributed by atoms with Crippen LogP contribution in [0.5, 0.6) is 0 Å². The first-order chi connectivity index (χ1) is 12.5. The third kappa shape index (κ3) is 5.36. The van der Waals surface area contributed by atoms with Gasteiger partial charge < -0.3 is 10.2 Å². The van der Waals surface area contributed by atoms with Gasteiger partial charge in [-0.3, -0.25) is 0 Å². The number of halogens is 1. The summed E-state index contributed by atoms with van der Waals surface area (Å²) in [4.78, 5) is 14.6. The van der Waals surface area contributed by atoms with Gasteiger partial charge in [0.2, 0.25) is 10.0 Å². The van der Waals surface area contributed by atoms with Crippen LogP contribution in [0.1, 0.15) is 64.0 Å². The summed E-state index contributed by atoms with van der Waals surface area (Å²) < 4.78 is 27.3. The average molecular weight is 416 g/mol. The van der Waals surface area contributed by atoms with E-state index in [0.29, 0.717) is 23.7 Å². The first-order valence-corrected chi connectivity index (χ1v) is 11.4. The number of rotatable bonds is 6. The number of likely N-dealkylation sites (tertiary alicyclic amines) is 1. The molecule has 2 amide bonds. The molecule has 0 spiro atoms. The molecule has 0 radical (unpaired) electrons. The largest absolute Gasteiger partial charge is 0.332 e.